The van der Waals surface area contributed by atoms with Crippen molar-refractivity contribution < 1.29 is 0 Å². The van der Waals surface area contributed by atoms with Crippen LogP contribution < -0.4 is 5.69 Å². The molecule has 0 fully saturated rings. The zero-order chi connectivity index (χ0) is 11.1. The molecular weight excluding hydrogens is 202 g/mol. The summed E-state index contributed by atoms with van der Waals surface area (Å²) in [6.45, 7) is 1.95. The number of aromatic amines is 2. The van der Waals surface area contributed by atoms with Crippen molar-refractivity contribution in [3.05, 3.63) is 52.7 Å². The molecule has 3 aromatic rings. The molecule has 4 heteroatoms. The van der Waals surface area contributed by atoms with E-state index in [9.17, 15) is 4.79 Å². The van der Waals surface area contributed by atoms with E-state index in [1.165, 1.54) is 0 Å². The number of imidazole rings is 1. The van der Waals surface area contributed by atoms with Gasteiger partial charge in [0.15, 0.2) is 0 Å². The Morgan fingerprint density at radius 3 is 2.75 bits per heavy atom. The first-order valence-corrected chi connectivity index (χ1v) is 5.11. The van der Waals surface area contributed by atoms with Crippen LogP contribution >= 0.6 is 0 Å². The summed E-state index contributed by atoms with van der Waals surface area (Å²) >= 11 is 0. The molecular formula is C12H11N3O. The lowest BCUT2D eigenvalue weighted by Crippen LogP contribution is -2.14. The summed E-state index contributed by atoms with van der Waals surface area (Å²) in [6, 6.07) is 9.56. The fourth-order valence-electron chi connectivity index (χ4n) is 1.98. The molecule has 0 aliphatic rings. The average molecular weight is 213 g/mol. The maximum absolute atomic E-state index is 11.9. The van der Waals surface area contributed by atoms with Crippen molar-refractivity contribution in [3.63, 3.8) is 0 Å². The third-order valence-corrected chi connectivity index (χ3v) is 2.76. The highest BCUT2D eigenvalue weighted by Gasteiger charge is 2.09. The van der Waals surface area contributed by atoms with Crippen molar-refractivity contribution in [2.24, 2.45) is 0 Å². The molecule has 0 bridgehead atoms. The number of rotatable bonds is 1. The van der Waals surface area contributed by atoms with E-state index < -0.39 is 0 Å². The molecule has 3 rings (SSSR count). The molecule has 0 aliphatic heterocycles. The van der Waals surface area contributed by atoms with Crippen molar-refractivity contribution in [3.8, 4) is 5.69 Å². The van der Waals surface area contributed by atoms with Crippen molar-refractivity contribution in [1.29, 1.82) is 0 Å². The number of aromatic nitrogens is 3. The molecule has 0 aliphatic carbocycles. The second-order valence-electron chi connectivity index (χ2n) is 3.77. The first-order chi connectivity index (χ1) is 7.77. The van der Waals surface area contributed by atoms with E-state index in [0.717, 1.165) is 22.4 Å². The molecule has 0 amide bonds. The Morgan fingerprint density at radius 2 is 2.00 bits per heavy atom. The van der Waals surface area contributed by atoms with Gasteiger partial charge in [0.05, 0.1) is 16.7 Å². The quantitative estimate of drug-likeness (QED) is 0.637. The Labute approximate surface area is 91.5 Å². The van der Waals surface area contributed by atoms with Gasteiger partial charge in [0, 0.05) is 11.9 Å². The summed E-state index contributed by atoms with van der Waals surface area (Å²) in [7, 11) is 0. The van der Waals surface area contributed by atoms with Gasteiger partial charge < -0.3 is 9.97 Å². The average Bonchev–Trinajstić information content (AvgIpc) is 2.81. The fraction of sp³-hybridized carbons (Fsp3) is 0.0833. The molecule has 4 nitrogen and oxygen atoms in total. The highest BCUT2D eigenvalue weighted by molar-refractivity contribution is 5.77. The van der Waals surface area contributed by atoms with Crippen molar-refractivity contribution in [2.45, 2.75) is 6.92 Å². The molecule has 0 saturated heterocycles. The first kappa shape index (κ1) is 9.03. The van der Waals surface area contributed by atoms with Crippen LogP contribution in [0.1, 0.15) is 5.69 Å². The van der Waals surface area contributed by atoms with Crippen LogP contribution in [0.15, 0.2) is 41.3 Å². The molecule has 2 aromatic heterocycles. The van der Waals surface area contributed by atoms with Crippen LogP contribution in [-0.4, -0.2) is 14.5 Å². The lowest BCUT2D eigenvalue weighted by molar-refractivity contribution is 1.00. The second-order valence-corrected chi connectivity index (χ2v) is 3.77. The van der Waals surface area contributed by atoms with Crippen LogP contribution in [0.2, 0.25) is 0 Å². The number of fused-ring (bicyclic) bond motifs is 1. The summed E-state index contributed by atoms with van der Waals surface area (Å²) < 4.78 is 1.68. The Hall–Kier alpha value is -2.23. The number of nitrogens with one attached hydrogen (secondary N) is 2. The summed E-state index contributed by atoms with van der Waals surface area (Å²) in [5.41, 5.74) is 3.52. The van der Waals surface area contributed by atoms with Crippen LogP contribution in [0.5, 0.6) is 0 Å². The van der Waals surface area contributed by atoms with Crippen molar-refractivity contribution >= 4 is 11.0 Å². The smallest absolute Gasteiger partial charge is 0.331 e. The molecule has 0 spiro atoms. The molecule has 80 valence electrons. The number of hydrogen-bond acceptors (Lipinski definition) is 1. The monoisotopic (exact) mass is 213 g/mol. The predicted octanol–water partition coefficient (Wildman–Crippen LogP) is 1.96. The summed E-state index contributed by atoms with van der Waals surface area (Å²) in [6.07, 6.45) is 1.83. The van der Waals surface area contributed by atoms with E-state index in [0.29, 0.717) is 0 Å². The highest BCUT2D eigenvalue weighted by Crippen LogP contribution is 2.16. The molecule has 0 radical (unpaired) electrons. The molecule has 2 N–H and O–H groups in total. The summed E-state index contributed by atoms with van der Waals surface area (Å²) in [5.74, 6) is 0. The largest absolute Gasteiger partial charge is 0.363 e. The van der Waals surface area contributed by atoms with Crippen LogP contribution in [0.25, 0.3) is 16.7 Å². The number of para-hydroxylation sites is 2. The van der Waals surface area contributed by atoms with Crippen molar-refractivity contribution in [1.82, 2.24) is 14.5 Å². The summed E-state index contributed by atoms with van der Waals surface area (Å²) in [4.78, 5) is 17.8. The fourth-order valence-corrected chi connectivity index (χ4v) is 1.98. The molecule has 16 heavy (non-hydrogen) atoms. The van der Waals surface area contributed by atoms with E-state index >= 15 is 0 Å². The van der Waals surface area contributed by atoms with E-state index in [1.807, 2.05) is 43.5 Å². The Kier molecular flexibility index (Phi) is 1.77. The molecule has 0 atom stereocenters. The van der Waals surface area contributed by atoms with Gasteiger partial charge in [-0.2, -0.15) is 0 Å². The van der Waals surface area contributed by atoms with E-state index in [-0.39, 0.29) is 5.69 Å². The van der Waals surface area contributed by atoms with Gasteiger partial charge in [0.1, 0.15) is 0 Å². The molecule has 0 saturated carbocycles. The van der Waals surface area contributed by atoms with Gasteiger partial charge in [-0.15, -0.1) is 0 Å². The van der Waals surface area contributed by atoms with Gasteiger partial charge in [0.2, 0.25) is 0 Å². The first-order valence-electron chi connectivity index (χ1n) is 5.11. The van der Waals surface area contributed by atoms with Crippen LogP contribution in [0.4, 0.5) is 0 Å². The van der Waals surface area contributed by atoms with Crippen molar-refractivity contribution in [2.75, 3.05) is 0 Å². The normalized spacial score (nSPS) is 11.1. The molecule has 2 heterocycles. The maximum Gasteiger partial charge on any atom is 0.331 e. The van der Waals surface area contributed by atoms with Gasteiger partial charge in [-0.25, -0.2) is 4.79 Å². The van der Waals surface area contributed by atoms with Gasteiger partial charge in [-0.05, 0) is 25.1 Å². The lowest BCUT2D eigenvalue weighted by Gasteiger charge is -2.01. The standard InChI is InChI=1S/C12H11N3O/c1-8-10(6-7-13-8)15-11-5-3-2-4-9(11)14-12(15)16/h2-7,13H,1H3,(H,14,16). The van der Waals surface area contributed by atoms with Crippen LogP contribution in [-0.2, 0) is 0 Å². The van der Waals surface area contributed by atoms with Gasteiger partial charge in [0.25, 0.3) is 0 Å². The number of aryl methyl sites for hydroxylation is 1. The van der Waals surface area contributed by atoms with Gasteiger partial charge in [-0.1, -0.05) is 12.1 Å². The zero-order valence-corrected chi connectivity index (χ0v) is 8.82. The third-order valence-electron chi connectivity index (χ3n) is 2.76. The molecule has 0 unspecified atom stereocenters. The van der Waals surface area contributed by atoms with Gasteiger partial charge in [-0.3, -0.25) is 4.57 Å². The minimum atomic E-state index is -0.107. The Morgan fingerprint density at radius 1 is 1.19 bits per heavy atom. The number of benzene rings is 1. The van der Waals surface area contributed by atoms with Crippen LogP contribution in [0, 0.1) is 6.92 Å². The Bertz CT molecular complexity index is 702. The van der Waals surface area contributed by atoms with Gasteiger partial charge >= 0.3 is 5.69 Å². The zero-order valence-electron chi connectivity index (χ0n) is 8.82. The minimum absolute atomic E-state index is 0.107. The van der Waals surface area contributed by atoms with E-state index in [1.54, 1.807) is 4.57 Å². The number of H-pyrrole nitrogens is 2. The highest BCUT2D eigenvalue weighted by atomic mass is 16.1. The minimum Gasteiger partial charge on any atom is -0.363 e. The van der Waals surface area contributed by atoms with Crippen LogP contribution in [0.3, 0.4) is 0 Å². The number of nitrogens with zero attached hydrogens (tertiary/aromatic N) is 1. The van der Waals surface area contributed by atoms with E-state index in [4.69, 9.17) is 0 Å². The van der Waals surface area contributed by atoms with E-state index in [2.05, 4.69) is 9.97 Å². The SMILES string of the molecule is Cc1[nH]ccc1-n1c(=O)[nH]c2ccccc21. The third kappa shape index (κ3) is 1.13. The second kappa shape index (κ2) is 3.13. The molecule has 1 aromatic carbocycles. The maximum atomic E-state index is 11.9. The Balaban J connectivity index is 2.44. The summed E-state index contributed by atoms with van der Waals surface area (Å²) in [5, 5.41) is 0. The predicted molar refractivity (Wildman–Crippen MR) is 63.0 cm³/mol. The number of hydrogen-bond donors (Lipinski definition) is 2. The topological polar surface area (TPSA) is 53.6 Å². The lowest BCUT2D eigenvalue weighted by atomic mass is 10.3.